The predicted octanol–water partition coefficient (Wildman–Crippen LogP) is 1.33. The van der Waals surface area contributed by atoms with Crippen LogP contribution in [0.15, 0.2) is 23.0 Å². The van der Waals surface area contributed by atoms with Crippen LogP contribution in [-0.2, 0) is 4.79 Å². The van der Waals surface area contributed by atoms with E-state index in [2.05, 4.69) is 4.42 Å². The monoisotopic (exact) mass is 168 g/mol. The molecule has 0 atom stereocenters. The molecule has 0 fully saturated rings. The van der Waals surface area contributed by atoms with Crippen LogP contribution < -0.4 is 0 Å². The minimum absolute atomic E-state index is 0.0227. The number of carbonyl (C=O) groups is 2. The van der Waals surface area contributed by atoms with E-state index in [9.17, 15) is 9.59 Å². The summed E-state index contributed by atoms with van der Waals surface area (Å²) < 4.78 is 4.67. The minimum Gasteiger partial charge on any atom is -0.481 e. The van der Waals surface area contributed by atoms with E-state index in [1.54, 1.807) is 0 Å². The maximum atomic E-state index is 11.1. The average molecular weight is 168 g/mol. The van der Waals surface area contributed by atoms with E-state index in [1.165, 1.54) is 18.6 Å². The Morgan fingerprint density at radius 2 is 2.17 bits per heavy atom. The van der Waals surface area contributed by atoms with Crippen LogP contribution in [-0.4, -0.2) is 16.9 Å². The summed E-state index contributed by atoms with van der Waals surface area (Å²) in [5.74, 6) is -1.17. The molecule has 0 saturated carbocycles. The van der Waals surface area contributed by atoms with Crippen LogP contribution >= 0.6 is 0 Å². The molecule has 64 valence electrons. The number of carbonyl (C=O) groups excluding carboxylic acids is 1. The van der Waals surface area contributed by atoms with Crippen molar-refractivity contribution in [2.45, 2.75) is 12.8 Å². The van der Waals surface area contributed by atoms with Crippen molar-refractivity contribution in [3.8, 4) is 0 Å². The first-order valence-electron chi connectivity index (χ1n) is 3.47. The third-order valence-electron chi connectivity index (χ3n) is 1.41. The highest BCUT2D eigenvalue weighted by Gasteiger charge is 2.08. The van der Waals surface area contributed by atoms with Gasteiger partial charge in [-0.05, 0) is 6.07 Å². The van der Waals surface area contributed by atoms with Crippen molar-refractivity contribution in [1.82, 2.24) is 0 Å². The van der Waals surface area contributed by atoms with Crippen LogP contribution in [0.3, 0.4) is 0 Å². The molecule has 0 amide bonds. The Morgan fingerprint density at radius 3 is 2.67 bits per heavy atom. The standard InChI is InChI=1S/C8H8O4/c9-7(1-2-8(10)11)6-3-4-12-5-6/h3-5H,1-2H2,(H,10,11). The number of carboxylic acid groups (broad SMARTS) is 1. The lowest BCUT2D eigenvalue weighted by Gasteiger charge is -1.92. The van der Waals surface area contributed by atoms with E-state index in [1.807, 2.05) is 0 Å². The number of rotatable bonds is 4. The first-order chi connectivity index (χ1) is 5.70. The largest absolute Gasteiger partial charge is 0.481 e. The Labute approximate surface area is 68.8 Å². The molecular formula is C8H8O4. The SMILES string of the molecule is O=C(O)CCC(=O)c1ccoc1. The van der Waals surface area contributed by atoms with Gasteiger partial charge in [0.2, 0.25) is 0 Å². The zero-order valence-corrected chi connectivity index (χ0v) is 6.32. The van der Waals surface area contributed by atoms with Crippen molar-refractivity contribution in [1.29, 1.82) is 0 Å². The summed E-state index contributed by atoms with van der Waals surface area (Å²) >= 11 is 0. The summed E-state index contributed by atoms with van der Waals surface area (Å²) in [6, 6.07) is 1.52. The van der Waals surface area contributed by atoms with Gasteiger partial charge in [0.15, 0.2) is 5.78 Å². The van der Waals surface area contributed by atoms with Crippen molar-refractivity contribution in [3.05, 3.63) is 24.2 Å². The Kier molecular flexibility index (Phi) is 2.63. The van der Waals surface area contributed by atoms with Crippen molar-refractivity contribution in [2.24, 2.45) is 0 Å². The van der Waals surface area contributed by atoms with Gasteiger partial charge in [-0.25, -0.2) is 0 Å². The third kappa shape index (κ3) is 2.23. The summed E-state index contributed by atoms with van der Waals surface area (Å²) in [7, 11) is 0. The number of hydrogen-bond donors (Lipinski definition) is 1. The summed E-state index contributed by atoms with van der Waals surface area (Å²) in [4.78, 5) is 21.2. The molecule has 1 rings (SSSR count). The molecule has 0 spiro atoms. The highest BCUT2D eigenvalue weighted by atomic mass is 16.4. The number of aliphatic carboxylic acids is 1. The molecule has 0 aromatic carbocycles. The van der Waals surface area contributed by atoms with E-state index in [0.717, 1.165) is 0 Å². The van der Waals surface area contributed by atoms with E-state index >= 15 is 0 Å². The number of furan rings is 1. The highest BCUT2D eigenvalue weighted by molar-refractivity contribution is 5.97. The molecule has 0 bridgehead atoms. The lowest BCUT2D eigenvalue weighted by molar-refractivity contribution is -0.136. The number of hydrogen-bond acceptors (Lipinski definition) is 3. The Balaban J connectivity index is 2.45. The molecule has 0 unspecified atom stereocenters. The Hall–Kier alpha value is -1.58. The van der Waals surface area contributed by atoms with Crippen molar-refractivity contribution in [2.75, 3.05) is 0 Å². The molecular weight excluding hydrogens is 160 g/mol. The third-order valence-corrected chi connectivity index (χ3v) is 1.41. The summed E-state index contributed by atoms with van der Waals surface area (Å²) in [6.07, 6.45) is 2.58. The normalized spacial score (nSPS) is 9.67. The van der Waals surface area contributed by atoms with Crippen LogP contribution in [0.4, 0.5) is 0 Å². The van der Waals surface area contributed by atoms with Crippen molar-refractivity contribution >= 4 is 11.8 Å². The molecule has 1 N–H and O–H groups in total. The van der Waals surface area contributed by atoms with Gasteiger partial charge in [-0.2, -0.15) is 0 Å². The van der Waals surface area contributed by atoms with Crippen LogP contribution in [0.5, 0.6) is 0 Å². The van der Waals surface area contributed by atoms with E-state index in [-0.39, 0.29) is 18.6 Å². The summed E-state index contributed by atoms with van der Waals surface area (Å²) in [6.45, 7) is 0. The topological polar surface area (TPSA) is 67.5 Å². The molecule has 1 aromatic rings. The number of Topliss-reactive ketones (excluding diaryl/α,β-unsaturated/α-hetero) is 1. The smallest absolute Gasteiger partial charge is 0.303 e. The number of carboxylic acids is 1. The van der Waals surface area contributed by atoms with Gasteiger partial charge in [-0.1, -0.05) is 0 Å². The van der Waals surface area contributed by atoms with E-state index in [4.69, 9.17) is 5.11 Å². The van der Waals surface area contributed by atoms with Gasteiger partial charge in [0, 0.05) is 6.42 Å². The molecule has 1 aromatic heterocycles. The summed E-state index contributed by atoms with van der Waals surface area (Å²) in [5.41, 5.74) is 0.427. The van der Waals surface area contributed by atoms with E-state index < -0.39 is 5.97 Å². The van der Waals surface area contributed by atoms with E-state index in [0.29, 0.717) is 5.56 Å². The molecule has 0 aliphatic rings. The van der Waals surface area contributed by atoms with Crippen LogP contribution in [0.1, 0.15) is 23.2 Å². The predicted molar refractivity (Wildman–Crippen MR) is 39.9 cm³/mol. The van der Waals surface area contributed by atoms with Crippen LogP contribution in [0.25, 0.3) is 0 Å². The molecule has 4 heteroatoms. The molecule has 0 radical (unpaired) electrons. The molecule has 4 nitrogen and oxygen atoms in total. The second kappa shape index (κ2) is 3.71. The van der Waals surface area contributed by atoms with Gasteiger partial charge in [-0.3, -0.25) is 9.59 Å². The van der Waals surface area contributed by atoms with Gasteiger partial charge in [0.05, 0.1) is 18.2 Å². The highest BCUT2D eigenvalue weighted by Crippen LogP contribution is 2.05. The van der Waals surface area contributed by atoms with Gasteiger partial charge >= 0.3 is 5.97 Å². The fourth-order valence-corrected chi connectivity index (χ4v) is 0.788. The summed E-state index contributed by atoms with van der Waals surface area (Å²) in [5, 5.41) is 8.28. The molecule has 1 heterocycles. The maximum absolute atomic E-state index is 11.1. The molecule has 12 heavy (non-hydrogen) atoms. The molecule has 0 aliphatic heterocycles. The zero-order chi connectivity index (χ0) is 8.97. The maximum Gasteiger partial charge on any atom is 0.303 e. The zero-order valence-electron chi connectivity index (χ0n) is 6.32. The Morgan fingerprint density at radius 1 is 1.42 bits per heavy atom. The van der Waals surface area contributed by atoms with Gasteiger partial charge < -0.3 is 9.52 Å². The lowest BCUT2D eigenvalue weighted by atomic mass is 10.1. The minimum atomic E-state index is -0.966. The lowest BCUT2D eigenvalue weighted by Crippen LogP contribution is -2.02. The fraction of sp³-hybridized carbons (Fsp3) is 0.250. The van der Waals surface area contributed by atoms with Crippen molar-refractivity contribution in [3.63, 3.8) is 0 Å². The second-order valence-electron chi connectivity index (χ2n) is 2.33. The van der Waals surface area contributed by atoms with Crippen molar-refractivity contribution < 1.29 is 19.1 Å². The van der Waals surface area contributed by atoms with Crippen LogP contribution in [0, 0.1) is 0 Å². The van der Waals surface area contributed by atoms with Gasteiger partial charge in [-0.15, -0.1) is 0 Å². The van der Waals surface area contributed by atoms with Gasteiger partial charge in [0.1, 0.15) is 6.26 Å². The van der Waals surface area contributed by atoms with Gasteiger partial charge in [0.25, 0.3) is 0 Å². The molecule has 0 saturated heterocycles. The average Bonchev–Trinajstić information content (AvgIpc) is 2.51. The first kappa shape index (κ1) is 8.52. The second-order valence-corrected chi connectivity index (χ2v) is 2.33. The quantitative estimate of drug-likeness (QED) is 0.688. The Bertz CT molecular complexity index is 273. The first-order valence-corrected chi connectivity index (χ1v) is 3.47. The number of ketones is 1. The molecule has 0 aliphatic carbocycles. The van der Waals surface area contributed by atoms with Crippen LogP contribution in [0.2, 0.25) is 0 Å². The fourth-order valence-electron chi connectivity index (χ4n) is 0.788.